The van der Waals surface area contributed by atoms with Crippen molar-refractivity contribution >= 4 is 18.0 Å². The lowest BCUT2D eigenvalue weighted by Crippen LogP contribution is -2.60. The van der Waals surface area contributed by atoms with Gasteiger partial charge in [-0.1, -0.05) is 12.1 Å². The summed E-state index contributed by atoms with van der Waals surface area (Å²) in [6, 6.07) is 6.14. The average molecular weight is 421 g/mol. The van der Waals surface area contributed by atoms with Crippen LogP contribution in [0, 0.1) is 0 Å². The van der Waals surface area contributed by atoms with Gasteiger partial charge in [0.1, 0.15) is 36.8 Å². The van der Waals surface area contributed by atoms with Gasteiger partial charge in [0.15, 0.2) is 12.5 Å². The van der Waals surface area contributed by atoms with Crippen LogP contribution in [0.3, 0.4) is 0 Å². The first-order valence-corrected chi connectivity index (χ1v) is 9.23. The number of rotatable bonds is 6. The van der Waals surface area contributed by atoms with Crippen LogP contribution in [-0.2, 0) is 23.8 Å². The Labute approximate surface area is 172 Å². The van der Waals surface area contributed by atoms with E-state index in [0.717, 1.165) is 6.08 Å². The molecule has 30 heavy (non-hydrogen) atoms. The molecule has 1 amide bonds. The van der Waals surface area contributed by atoms with Crippen LogP contribution in [0.4, 0.5) is 0 Å². The summed E-state index contributed by atoms with van der Waals surface area (Å²) < 4.78 is 15.9. The fraction of sp³-hybridized carbons (Fsp3) is 0.400. The Morgan fingerprint density at radius 1 is 1.17 bits per heavy atom. The first-order chi connectivity index (χ1) is 14.2. The van der Waals surface area contributed by atoms with Crippen LogP contribution >= 0.6 is 0 Å². The highest BCUT2D eigenvalue weighted by molar-refractivity contribution is 5.95. The summed E-state index contributed by atoms with van der Waals surface area (Å²) in [5.41, 5.74) is 1.09. The molecule has 0 radical (unpaired) electrons. The van der Waals surface area contributed by atoms with Crippen LogP contribution in [0.1, 0.15) is 12.5 Å². The fourth-order valence-electron chi connectivity index (χ4n) is 2.93. The van der Waals surface area contributed by atoms with Gasteiger partial charge in [0.25, 0.3) is 0 Å². The van der Waals surface area contributed by atoms with Crippen LogP contribution in [-0.4, -0.2) is 75.8 Å². The lowest BCUT2D eigenvalue weighted by Gasteiger charge is -2.40. The molecule has 2 aliphatic heterocycles. The maximum absolute atomic E-state index is 11.9. The molecule has 10 nitrogen and oxygen atoms in total. The Hall–Kier alpha value is -2.76. The summed E-state index contributed by atoms with van der Waals surface area (Å²) in [5, 5.41) is 42.0. The van der Waals surface area contributed by atoms with E-state index in [-0.39, 0.29) is 11.7 Å². The second kappa shape index (κ2) is 9.37. The van der Waals surface area contributed by atoms with E-state index in [4.69, 9.17) is 14.2 Å². The second-order valence-corrected chi connectivity index (χ2v) is 6.95. The largest absolute Gasteiger partial charge is 0.508 e. The summed E-state index contributed by atoms with van der Waals surface area (Å²) in [6.07, 6.45) is -3.99. The van der Waals surface area contributed by atoms with Gasteiger partial charge in [0.2, 0.25) is 5.91 Å². The van der Waals surface area contributed by atoms with E-state index in [1.165, 1.54) is 24.3 Å². The number of aliphatic hydroxyl groups excluding tert-OH is 3. The van der Waals surface area contributed by atoms with Crippen LogP contribution in [0.25, 0.3) is 6.08 Å². The summed E-state index contributed by atoms with van der Waals surface area (Å²) in [4.78, 5) is 23.4. The maximum Gasteiger partial charge on any atom is 0.330 e. The normalized spacial score (nSPS) is 31.5. The molecular weight excluding hydrogens is 398 g/mol. The topological polar surface area (TPSA) is 155 Å². The molecule has 1 aromatic rings. The predicted molar refractivity (Wildman–Crippen MR) is 102 cm³/mol. The first kappa shape index (κ1) is 21.9. The second-order valence-electron chi connectivity index (χ2n) is 6.95. The Balaban J connectivity index is 1.55. The van der Waals surface area contributed by atoms with Gasteiger partial charge in [-0.3, -0.25) is 4.79 Å². The number of carbonyl (C=O) groups excluding carboxylic acids is 2. The number of hydrogen-bond donors (Lipinski definition) is 5. The van der Waals surface area contributed by atoms with Gasteiger partial charge < -0.3 is 40.0 Å². The number of nitrogens with one attached hydrogen (secondary N) is 1. The number of phenolic OH excluding ortho intramolecular Hbond substituents is 1. The van der Waals surface area contributed by atoms with Crippen molar-refractivity contribution in [2.75, 3.05) is 6.61 Å². The van der Waals surface area contributed by atoms with Crippen molar-refractivity contribution < 1.29 is 44.2 Å². The highest BCUT2D eigenvalue weighted by Gasteiger charge is 2.45. The SMILES string of the molecule is CC1=C[C@@H](O[C@@H]2O[C@H](COC(=O)C=Cc3ccc(O)cc3)[C@@H](O)[C@H](O)[C@H]2O)NC1=O. The van der Waals surface area contributed by atoms with Crippen LogP contribution in [0.15, 0.2) is 42.0 Å². The summed E-state index contributed by atoms with van der Waals surface area (Å²) in [6.45, 7) is 1.18. The lowest BCUT2D eigenvalue weighted by atomic mass is 9.99. The minimum absolute atomic E-state index is 0.0958. The number of ether oxygens (including phenoxy) is 3. The van der Waals surface area contributed by atoms with Crippen molar-refractivity contribution in [2.45, 2.75) is 43.9 Å². The smallest absolute Gasteiger partial charge is 0.330 e. The summed E-state index contributed by atoms with van der Waals surface area (Å²) in [5.74, 6) is -0.964. The van der Waals surface area contributed by atoms with Gasteiger partial charge in [-0.25, -0.2) is 4.79 Å². The minimum atomic E-state index is -1.61. The molecule has 6 atom stereocenters. The molecule has 162 valence electrons. The van der Waals surface area contributed by atoms with E-state index in [1.54, 1.807) is 19.1 Å². The molecular formula is C20H23NO9. The van der Waals surface area contributed by atoms with Crippen molar-refractivity contribution in [3.05, 3.63) is 47.6 Å². The Kier molecular flexibility index (Phi) is 6.85. The van der Waals surface area contributed by atoms with E-state index < -0.39 is 49.5 Å². The molecule has 0 aliphatic carbocycles. The number of benzene rings is 1. The molecule has 0 unspecified atom stereocenters. The molecule has 0 spiro atoms. The predicted octanol–water partition coefficient (Wildman–Crippen LogP) is -0.825. The van der Waals surface area contributed by atoms with Gasteiger partial charge >= 0.3 is 5.97 Å². The zero-order chi connectivity index (χ0) is 21.8. The Morgan fingerprint density at radius 3 is 2.50 bits per heavy atom. The van der Waals surface area contributed by atoms with Crippen LogP contribution in [0.2, 0.25) is 0 Å². The third-order valence-corrected chi connectivity index (χ3v) is 4.68. The monoisotopic (exact) mass is 421 g/mol. The van der Waals surface area contributed by atoms with Gasteiger partial charge in [0.05, 0.1) is 0 Å². The van der Waals surface area contributed by atoms with E-state index in [1.807, 2.05) is 0 Å². The lowest BCUT2D eigenvalue weighted by molar-refractivity contribution is -0.309. The van der Waals surface area contributed by atoms with Gasteiger partial charge in [-0.15, -0.1) is 0 Å². The fourth-order valence-corrected chi connectivity index (χ4v) is 2.93. The number of esters is 1. The minimum Gasteiger partial charge on any atom is -0.508 e. The summed E-state index contributed by atoms with van der Waals surface area (Å²) >= 11 is 0. The number of phenols is 1. The molecule has 2 heterocycles. The molecule has 1 saturated heterocycles. The van der Waals surface area contributed by atoms with Gasteiger partial charge in [-0.2, -0.15) is 0 Å². The third kappa shape index (κ3) is 5.23. The molecule has 1 fully saturated rings. The van der Waals surface area contributed by atoms with Crippen molar-refractivity contribution in [2.24, 2.45) is 0 Å². The first-order valence-electron chi connectivity index (χ1n) is 9.23. The number of aliphatic hydroxyl groups is 3. The van der Waals surface area contributed by atoms with Crippen molar-refractivity contribution in [3.63, 3.8) is 0 Å². The summed E-state index contributed by atoms with van der Waals surface area (Å²) in [7, 11) is 0. The van der Waals surface area contributed by atoms with Crippen molar-refractivity contribution in [1.82, 2.24) is 5.32 Å². The Bertz CT molecular complexity index is 835. The van der Waals surface area contributed by atoms with Crippen molar-refractivity contribution in [3.8, 4) is 5.75 Å². The zero-order valence-electron chi connectivity index (χ0n) is 16.0. The van der Waals surface area contributed by atoms with E-state index in [2.05, 4.69) is 5.32 Å². The van der Waals surface area contributed by atoms with E-state index in [0.29, 0.717) is 11.1 Å². The van der Waals surface area contributed by atoms with Crippen molar-refractivity contribution in [1.29, 1.82) is 0 Å². The molecule has 0 aromatic heterocycles. The third-order valence-electron chi connectivity index (χ3n) is 4.68. The molecule has 0 saturated carbocycles. The van der Waals surface area contributed by atoms with E-state index in [9.17, 15) is 30.0 Å². The molecule has 2 aliphatic rings. The number of hydrogen-bond acceptors (Lipinski definition) is 9. The molecule has 5 N–H and O–H groups in total. The van der Waals surface area contributed by atoms with Gasteiger partial charge in [0, 0.05) is 11.6 Å². The average Bonchev–Trinajstić information content (AvgIpc) is 3.04. The Morgan fingerprint density at radius 2 is 1.87 bits per heavy atom. The van der Waals surface area contributed by atoms with Gasteiger partial charge in [-0.05, 0) is 36.8 Å². The number of carbonyl (C=O) groups is 2. The number of amides is 1. The number of aromatic hydroxyl groups is 1. The van der Waals surface area contributed by atoms with Crippen LogP contribution < -0.4 is 5.32 Å². The highest BCUT2D eigenvalue weighted by atomic mass is 16.7. The van der Waals surface area contributed by atoms with E-state index >= 15 is 0 Å². The molecule has 1 aromatic carbocycles. The molecule has 10 heteroatoms. The molecule has 0 bridgehead atoms. The standard InChI is InChI=1S/C20H23NO9/c1-10-8-14(21-19(10)27)30-20-18(26)17(25)16(24)13(29-20)9-28-15(23)7-4-11-2-5-12(22)6-3-11/h2-8,13-14,16-18,20,22,24-26H,9H2,1H3,(H,21,27)/t13-,14-,16-,17+,18-,20+/m1/s1. The maximum atomic E-state index is 11.9. The quantitative estimate of drug-likeness (QED) is 0.292. The van der Waals surface area contributed by atoms with Crippen LogP contribution in [0.5, 0.6) is 5.75 Å². The zero-order valence-corrected chi connectivity index (χ0v) is 16.0. The highest BCUT2D eigenvalue weighted by Crippen LogP contribution is 2.24. The molecule has 3 rings (SSSR count).